The second-order valence-corrected chi connectivity index (χ2v) is 6.74. The predicted octanol–water partition coefficient (Wildman–Crippen LogP) is 1.94. The lowest BCUT2D eigenvalue weighted by Gasteiger charge is -2.32. The second-order valence-electron chi connectivity index (χ2n) is 6.74. The van der Waals surface area contributed by atoms with Gasteiger partial charge in [-0.2, -0.15) is 0 Å². The molecule has 4 rings (SSSR count). The summed E-state index contributed by atoms with van der Waals surface area (Å²) in [6.45, 7) is 1.90. The van der Waals surface area contributed by atoms with Crippen molar-refractivity contribution in [3.05, 3.63) is 75.3 Å². The molecule has 0 saturated carbocycles. The Hall–Kier alpha value is -2.77. The number of nitrogens with one attached hydrogen (secondary N) is 2. The maximum Gasteiger partial charge on any atom is 0.269 e. The third kappa shape index (κ3) is 3.07. The average molecular weight is 352 g/mol. The van der Waals surface area contributed by atoms with Gasteiger partial charge in [0.2, 0.25) is 5.91 Å². The zero-order chi connectivity index (χ0) is 18.1. The van der Waals surface area contributed by atoms with E-state index >= 15 is 0 Å². The van der Waals surface area contributed by atoms with Gasteiger partial charge in [-0.1, -0.05) is 36.4 Å². The van der Waals surface area contributed by atoms with Crippen molar-refractivity contribution in [2.24, 2.45) is 5.92 Å². The standard InChI is InChI=1S/C19H20N4O3/c24-19(22-10-9-13-3-1-2-4-15(13)12-22)17-11-20-21-18(17)14-5-7-16(8-6-14)23(25)26/h1-8,17-18,20-21H,9-12H2. The van der Waals surface area contributed by atoms with E-state index in [-0.39, 0.29) is 23.6 Å². The number of carbonyl (C=O) groups excluding carboxylic acids is 1. The number of hydrogen-bond acceptors (Lipinski definition) is 5. The topological polar surface area (TPSA) is 87.5 Å². The molecule has 26 heavy (non-hydrogen) atoms. The first-order chi connectivity index (χ1) is 12.6. The first-order valence-corrected chi connectivity index (χ1v) is 8.72. The van der Waals surface area contributed by atoms with Gasteiger partial charge >= 0.3 is 0 Å². The van der Waals surface area contributed by atoms with Gasteiger partial charge in [-0.15, -0.1) is 0 Å². The van der Waals surface area contributed by atoms with Crippen LogP contribution in [0.4, 0.5) is 5.69 Å². The zero-order valence-corrected chi connectivity index (χ0v) is 14.2. The van der Waals surface area contributed by atoms with Crippen LogP contribution >= 0.6 is 0 Å². The van der Waals surface area contributed by atoms with Crippen molar-refractivity contribution < 1.29 is 9.72 Å². The van der Waals surface area contributed by atoms with Crippen LogP contribution in [0.25, 0.3) is 0 Å². The number of nitro benzene ring substituents is 1. The van der Waals surface area contributed by atoms with E-state index in [0.717, 1.165) is 18.5 Å². The number of nitro groups is 1. The highest BCUT2D eigenvalue weighted by Crippen LogP contribution is 2.29. The highest BCUT2D eigenvalue weighted by Gasteiger charge is 2.37. The van der Waals surface area contributed by atoms with Gasteiger partial charge in [0.1, 0.15) is 0 Å². The van der Waals surface area contributed by atoms with Crippen molar-refractivity contribution >= 4 is 11.6 Å². The van der Waals surface area contributed by atoms with Gasteiger partial charge in [0, 0.05) is 31.8 Å². The van der Waals surface area contributed by atoms with Crippen molar-refractivity contribution in [1.82, 2.24) is 15.8 Å². The Morgan fingerprint density at radius 1 is 1.12 bits per heavy atom. The molecule has 1 saturated heterocycles. The Morgan fingerprint density at radius 2 is 1.85 bits per heavy atom. The molecule has 0 bridgehead atoms. The van der Waals surface area contributed by atoms with Crippen molar-refractivity contribution in [2.45, 2.75) is 19.0 Å². The molecule has 0 spiro atoms. The maximum absolute atomic E-state index is 13.1. The molecule has 2 aliphatic heterocycles. The predicted molar refractivity (Wildman–Crippen MR) is 96.0 cm³/mol. The average Bonchev–Trinajstić information content (AvgIpc) is 3.17. The van der Waals surface area contributed by atoms with E-state index < -0.39 is 4.92 Å². The summed E-state index contributed by atoms with van der Waals surface area (Å²) in [5.41, 5.74) is 9.65. The van der Waals surface area contributed by atoms with E-state index in [1.165, 1.54) is 23.3 Å². The molecule has 2 unspecified atom stereocenters. The fourth-order valence-electron chi connectivity index (χ4n) is 3.76. The Morgan fingerprint density at radius 3 is 2.58 bits per heavy atom. The lowest BCUT2D eigenvalue weighted by molar-refractivity contribution is -0.384. The Bertz CT molecular complexity index is 837. The van der Waals surface area contributed by atoms with E-state index in [2.05, 4.69) is 23.0 Å². The monoisotopic (exact) mass is 352 g/mol. The van der Waals surface area contributed by atoms with Crippen LogP contribution in [0.15, 0.2) is 48.5 Å². The molecule has 7 nitrogen and oxygen atoms in total. The zero-order valence-electron chi connectivity index (χ0n) is 14.2. The van der Waals surface area contributed by atoms with Crippen LogP contribution in [0.2, 0.25) is 0 Å². The van der Waals surface area contributed by atoms with Crippen LogP contribution in [0.1, 0.15) is 22.7 Å². The summed E-state index contributed by atoms with van der Waals surface area (Å²) in [7, 11) is 0. The van der Waals surface area contributed by atoms with Gasteiger partial charge in [-0.05, 0) is 23.1 Å². The SMILES string of the molecule is O=C(C1CNNC1c1ccc([N+](=O)[O-])cc1)N1CCc2ccccc2C1. The summed E-state index contributed by atoms with van der Waals surface area (Å²) in [4.78, 5) is 25.4. The van der Waals surface area contributed by atoms with Crippen LogP contribution in [0.5, 0.6) is 0 Å². The van der Waals surface area contributed by atoms with Crippen LogP contribution in [0.3, 0.4) is 0 Å². The van der Waals surface area contributed by atoms with Crippen LogP contribution in [-0.2, 0) is 17.8 Å². The van der Waals surface area contributed by atoms with Gasteiger partial charge < -0.3 is 4.90 Å². The second kappa shape index (κ2) is 6.86. The minimum Gasteiger partial charge on any atom is -0.338 e. The largest absolute Gasteiger partial charge is 0.338 e. The molecule has 2 heterocycles. The molecule has 2 aliphatic rings. The number of hydrogen-bond donors (Lipinski definition) is 2. The molecular formula is C19H20N4O3. The highest BCUT2D eigenvalue weighted by atomic mass is 16.6. The minimum absolute atomic E-state index is 0.0511. The number of carbonyl (C=O) groups is 1. The smallest absolute Gasteiger partial charge is 0.269 e. The Balaban J connectivity index is 1.51. The lowest BCUT2D eigenvalue weighted by atomic mass is 9.92. The summed E-state index contributed by atoms with van der Waals surface area (Å²) in [6.07, 6.45) is 0.873. The number of rotatable bonds is 3. The molecule has 1 fully saturated rings. The molecule has 134 valence electrons. The molecule has 2 N–H and O–H groups in total. The number of non-ortho nitro benzene ring substituents is 1. The van der Waals surface area contributed by atoms with Crippen LogP contribution in [-0.4, -0.2) is 28.8 Å². The van der Waals surface area contributed by atoms with Gasteiger partial charge in [0.15, 0.2) is 0 Å². The molecule has 2 atom stereocenters. The fraction of sp³-hybridized carbons (Fsp3) is 0.316. The fourth-order valence-corrected chi connectivity index (χ4v) is 3.76. The quantitative estimate of drug-likeness (QED) is 0.651. The molecule has 0 radical (unpaired) electrons. The third-order valence-electron chi connectivity index (χ3n) is 5.20. The third-order valence-corrected chi connectivity index (χ3v) is 5.20. The molecule has 7 heteroatoms. The van der Waals surface area contributed by atoms with E-state index in [0.29, 0.717) is 13.1 Å². The normalized spacial score (nSPS) is 22.1. The molecular weight excluding hydrogens is 332 g/mol. The number of hydrazine groups is 1. The summed E-state index contributed by atoms with van der Waals surface area (Å²) in [5.74, 6) is -0.123. The summed E-state index contributed by atoms with van der Waals surface area (Å²) in [5, 5.41) is 10.8. The Kier molecular flexibility index (Phi) is 4.40. The first-order valence-electron chi connectivity index (χ1n) is 8.72. The number of fused-ring (bicyclic) bond motifs is 1. The van der Waals surface area contributed by atoms with E-state index in [4.69, 9.17) is 0 Å². The maximum atomic E-state index is 13.1. The van der Waals surface area contributed by atoms with Gasteiger partial charge in [0.25, 0.3) is 5.69 Å². The minimum atomic E-state index is -0.419. The Labute approximate surface area is 151 Å². The number of nitrogens with zero attached hydrogens (tertiary/aromatic N) is 2. The van der Waals surface area contributed by atoms with Crippen LogP contribution in [0, 0.1) is 16.0 Å². The van der Waals surface area contributed by atoms with Gasteiger partial charge in [-0.25, -0.2) is 5.43 Å². The van der Waals surface area contributed by atoms with E-state index in [1.54, 1.807) is 12.1 Å². The lowest BCUT2D eigenvalue weighted by Crippen LogP contribution is -2.42. The molecule has 2 aromatic carbocycles. The molecule has 1 amide bonds. The van der Waals surface area contributed by atoms with Crippen molar-refractivity contribution in [3.63, 3.8) is 0 Å². The van der Waals surface area contributed by atoms with Crippen molar-refractivity contribution in [2.75, 3.05) is 13.1 Å². The van der Waals surface area contributed by atoms with E-state index in [1.807, 2.05) is 17.0 Å². The summed E-state index contributed by atoms with van der Waals surface area (Å²) < 4.78 is 0. The summed E-state index contributed by atoms with van der Waals surface area (Å²) >= 11 is 0. The van der Waals surface area contributed by atoms with Crippen molar-refractivity contribution in [3.8, 4) is 0 Å². The highest BCUT2D eigenvalue weighted by molar-refractivity contribution is 5.80. The first kappa shape index (κ1) is 16.7. The molecule has 0 aliphatic carbocycles. The number of amides is 1. The number of benzene rings is 2. The molecule has 2 aromatic rings. The van der Waals surface area contributed by atoms with Gasteiger partial charge in [-0.3, -0.25) is 20.3 Å². The van der Waals surface area contributed by atoms with Gasteiger partial charge in [0.05, 0.1) is 16.9 Å². The van der Waals surface area contributed by atoms with Crippen molar-refractivity contribution in [1.29, 1.82) is 0 Å². The summed E-state index contributed by atoms with van der Waals surface area (Å²) in [6, 6.07) is 14.4. The molecule has 0 aromatic heterocycles. The van der Waals surface area contributed by atoms with Crippen LogP contribution < -0.4 is 10.9 Å². The van der Waals surface area contributed by atoms with E-state index in [9.17, 15) is 14.9 Å².